The van der Waals surface area contributed by atoms with Gasteiger partial charge in [-0.15, -0.1) is 0 Å². The molecule has 0 radical (unpaired) electrons. The molecule has 3 saturated heterocycles. The SMILES string of the molecule is C[C@@H]1CN(C[C@H]2CCCN2C(=O)CCC2CCNCC2)C[C@@H](C)O1. The van der Waals surface area contributed by atoms with Crippen LogP contribution < -0.4 is 5.32 Å². The Kier molecular flexibility index (Phi) is 6.53. The van der Waals surface area contributed by atoms with Crippen LogP contribution in [0.25, 0.3) is 0 Å². The highest BCUT2D eigenvalue weighted by atomic mass is 16.5. The summed E-state index contributed by atoms with van der Waals surface area (Å²) in [5.74, 6) is 1.14. The van der Waals surface area contributed by atoms with E-state index in [1.807, 2.05) is 0 Å². The van der Waals surface area contributed by atoms with Gasteiger partial charge in [0.25, 0.3) is 0 Å². The van der Waals surface area contributed by atoms with Gasteiger partial charge in [-0.1, -0.05) is 0 Å². The number of morpholine rings is 1. The van der Waals surface area contributed by atoms with Crippen LogP contribution in [0.5, 0.6) is 0 Å². The fraction of sp³-hybridized carbons (Fsp3) is 0.947. The Morgan fingerprint density at radius 2 is 1.83 bits per heavy atom. The van der Waals surface area contributed by atoms with E-state index in [-0.39, 0.29) is 0 Å². The summed E-state index contributed by atoms with van der Waals surface area (Å²) in [6.45, 7) is 10.5. The van der Waals surface area contributed by atoms with Gasteiger partial charge < -0.3 is 15.0 Å². The van der Waals surface area contributed by atoms with E-state index in [2.05, 4.69) is 29.0 Å². The molecule has 138 valence electrons. The number of amides is 1. The van der Waals surface area contributed by atoms with E-state index in [1.54, 1.807) is 0 Å². The number of carbonyl (C=O) groups is 1. The lowest BCUT2D eigenvalue weighted by Crippen LogP contribution is -2.51. The summed E-state index contributed by atoms with van der Waals surface area (Å²) in [6, 6.07) is 0.419. The molecule has 0 aromatic heterocycles. The number of nitrogens with one attached hydrogen (secondary N) is 1. The average Bonchev–Trinajstić information content (AvgIpc) is 3.01. The molecule has 3 rings (SSSR count). The topological polar surface area (TPSA) is 44.8 Å². The smallest absolute Gasteiger partial charge is 0.222 e. The highest BCUT2D eigenvalue weighted by Gasteiger charge is 2.32. The van der Waals surface area contributed by atoms with Gasteiger partial charge in [-0.2, -0.15) is 0 Å². The molecule has 3 atom stereocenters. The van der Waals surface area contributed by atoms with Crippen LogP contribution in [0.1, 0.15) is 52.4 Å². The minimum atomic E-state index is 0.305. The third-order valence-electron chi connectivity index (χ3n) is 5.89. The lowest BCUT2D eigenvalue weighted by atomic mass is 9.93. The van der Waals surface area contributed by atoms with E-state index in [0.29, 0.717) is 24.2 Å². The molecule has 5 heteroatoms. The molecule has 1 amide bonds. The number of ether oxygens (including phenoxy) is 1. The first-order chi connectivity index (χ1) is 11.6. The van der Waals surface area contributed by atoms with E-state index < -0.39 is 0 Å². The van der Waals surface area contributed by atoms with Crippen LogP contribution in [-0.4, -0.2) is 73.2 Å². The quantitative estimate of drug-likeness (QED) is 0.832. The number of hydrogen-bond donors (Lipinski definition) is 1. The summed E-state index contributed by atoms with van der Waals surface area (Å²) >= 11 is 0. The van der Waals surface area contributed by atoms with Crippen LogP contribution in [0.4, 0.5) is 0 Å². The van der Waals surface area contributed by atoms with Gasteiger partial charge in [0, 0.05) is 38.6 Å². The zero-order valence-corrected chi connectivity index (χ0v) is 15.5. The monoisotopic (exact) mass is 337 g/mol. The molecule has 24 heavy (non-hydrogen) atoms. The third kappa shape index (κ3) is 4.93. The molecule has 1 N–H and O–H groups in total. The second-order valence-electron chi connectivity index (χ2n) is 8.09. The Labute approximate surface area is 147 Å². The zero-order chi connectivity index (χ0) is 16.9. The number of hydrogen-bond acceptors (Lipinski definition) is 4. The molecule has 0 aromatic carbocycles. The van der Waals surface area contributed by atoms with Crippen LogP contribution in [0, 0.1) is 5.92 Å². The van der Waals surface area contributed by atoms with Crippen molar-refractivity contribution >= 4 is 5.91 Å². The molecule has 0 unspecified atom stereocenters. The summed E-state index contributed by atoms with van der Waals surface area (Å²) in [5.41, 5.74) is 0. The molecule has 0 aliphatic carbocycles. The minimum absolute atomic E-state index is 0.305. The average molecular weight is 338 g/mol. The number of likely N-dealkylation sites (tertiary alicyclic amines) is 1. The van der Waals surface area contributed by atoms with Crippen molar-refractivity contribution in [2.75, 3.05) is 39.3 Å². The van der Waals surface area contributed by atoms with Gasteiger partial charge in [-0.25, -0.2) is 0 Å². The van der Waals surface area contributed by atoms with E-state index >= 15 is 0 Å². The third-order valence-corrected chi connectivity index (χ3v) is 5.89. The van der Waals surface area contributed by atoms with Crippen molar-refractivity contribution in [3.8, 4) is 0 Å². The molecular formula is C19H35N3O2. The lowest BCUT2D eigenvalue weighted by molar-refractivity contribution is -0.133. The zero-order valence-electron chi connectivity index (χ0n) is 15.5. The number of nitrogens with zero attached hydrogens (tertiary/aromatic N) is 2. The van der Waals surface area contributed by atoms with Crippen molar-refractivity contribution in [2.45, 2.75) is 70.6 Å². The van der Waals surface area contributed by atoms with Gasteiger partial charge in [0.2, 0.25) is 5.91 Å². The second kappa shape index (κ2) is 8.63. The van der Waals surface area contributed by atoms with Crippen LogP contribution in [0.15, 0.2) is 0 Å². The Morgan fingerprint density at radius 1 is 1.12 bits per heavy atom. The van der Waals surface area contributed by atoms with Crippen molar-refractivity contribution in [1.82, 2.24) is 15.1 Å². The summed E-state index contributed by atoms with van der Waals surface area (Å²) in [6.07, 6.45) is 7.24. The first kappa shape index (κ1) is 18.2. The van der Waals surface area contributed by atoms with Gasteiger partial charge >= 0.3 is 0 Å². The van der Waals surface area contributed by atoms with Crippen molar-refractivity contribution in [2.24, 2.45) is 5.92 Å². The predicted molar refractivity (Wildman–Crippen MR) is 96.0 cm³/mol. The van der Waals surface area contributed by atoms with Gasteiger partial charge in [-0.3, -0.25) is 9.69 Å². The Bertz CT molecular complexity index is 401. The van der Waals surface area contributed by atoms with Crippen molar-refractivity contribution in [3.05, 3.63) is 0 Å². The molecule has 3 aliphatic rings. The van der Waals surface area contributed by atoms with Gasteiger partial charge in [0.15, 0.2) is 0 Å². The van der Waals surface area contributed by atoms with Crippen LogP contribution in [-0.2, 0) is 9.53 Å². The maximum atomic E-state index is 12.7. The molecule has 3 aliphatic heterocycles. The summed E-state index contributed by atoms with van der Waals surface area (Å²) < 4.78 is 5.83. The predicted octanol–water partition coefficient (Wildman–Crippen LogP) is 1.87. The Morgan fingerprint density at radius 3 is 2.54 bits per heavy atom. The van der Waals surface area contributed by atoms with Gasteiger partial charge in [0.05, 0.1) is 12.2 Å². The lowest BCUT2D eigenvalue weighted by Gasteiger charge is -2.38. The molecule has 0 spiro atoms. The van der Waals surface area contributed by atoms with Gasteiger partial charge in [0.1, 0.15) is 0 Å². The van der Waals surface area contributed by atoms with E-state index in [0.717, 1.165) is 58.0 Å². The molecule has 0 saturated carbocycles. The highest BCUT2D eigenvalue weighted by Crippen LogP contribution is 2.24. The van der Waals surface area contributed by atoms with Crippen LogP contribution in [0.2, 0.25) is 0 Å². The van der Waals surface area contributed by atoms with Gasteiger partial charge in [-0.05, 0) is 65.0 Å². The normalized spacial score (nSPS) is 33.1. The van der Waals surface area contributed by atoms with Crippen molar-refractivity contribution in [3.63, 3.8) is 0 Å². The van der Waals surface area contributed by atoms with Crippen molar-refractivity contribution in [1.29, 1.82) is 0 Å². The molecular weight excluding hydrogens is 302 g/mol. The molecule has 0 aromatic rings. The standard InChI is InChI=1S/C19H35N3O2/c1-15-12-21(13-16(2)24-15)14-18-4-3-11-22(18)19(23)6-5-17-7-9-20-10-8-17/h15-18,20H,3-14H2,1-2H3/t15-,16-,18-/m1/s1. The number of carbonyl (C=O) groups excluding carboxylic acids is 1. The Hall–Kier alpha value is -0.650. The van der Waals surface area contributed by atoms with Crippen LogP contribution in [0.3, 0.4) is 0 Å². The molecule has 3 fully saturated rings. The van der Waals surface area contributed by atoms with E-state index in [1.165, 1.54) is 25.7 Å². The van der Waals surface area contributed by atoms with Crippen molar-refractivity contribution < 1.29 is 9.53 Å². The summed E-state index contributed by atoms with van der Waals surface area (Å²) in [7, 11) is 0. The fourth-order valence-electron chi connectivity index (χ4n) is 4.73. The first-order valence-electron chi connectivity index (χ1n) is 10.00. The molecule has 0 bridgehead atoms. The Balaban J connectivity index is 1.46. The molecule has 3 heterocycles. The molecule has 5 nitrogen and oxygen atoms in total. The van der Waals surface area contributed by atoms with Crippen LogP contribution >= 0.6 is 0 Å². The van der Waals surface area contributed by atoms with E-state index in [9.17, 15) is 4.79 Å². The number of piperidine rings is 1. The maximum Gasteiger partial charge on any atom is 0.222 e. The van der Waals surface area contributed by atoms with E-state index in [4.69, 9.17) is 4.74 Å². The minimum Gasteiger partial charge on any atom is -0.373 e. The summed E-state index contributed by atoms with van der Waals surface area (Å²) in [5, 5.41) is 3.41. The highest BCUT2D eigenvalue weighted by molar-refractivity contribution is 5.76. The number of rotatable bonds is 5. The fourth-order valence-corrected chi connectivity index (χ4v) is 4.73. The summed E-state index contributed by atoms with van der Waals surface area (Å²) in [4.78, 5) is 17.4. The largest absolute Gasteiger partial charge is 0.373 e. The first-order valence-corrected chi connectivity index (χ1v) is 10.00. The maximum absolute atomic E-state index is 12.7. The second-order valence-corrected chi connectivity index (χ2v) is 8.09.